The Morgan fingerprint density at radius 2 is 2.18 bits per heavy atom. The van der Waals surface area contributed by atoms with E-state index in [1.54, 1.807) is 0 Å². The number of anilines is 2. The van der Waals surface area contributed by atoms with E-state index in [1.807, 2.05) is 26.2 Å². The van der Waals surface area contributed by atoms with Crippen molar-refractivity contribution in [2.75, 3.05) is 37.4 Å². The summed E-state index contributed by atoms with van der Waals surface area (Å²) < 4.78 is 0. The molecule has 1 heterocycles. The Kier molecular flexibility index (Phi) is 3.43. The third kappa shape index (κ3) is 2.47. The van der Waals surface area contributed by atoms with E-state index in [2.05, 4.69) is 27.4 Å². The second-order valence-corrected chi connectivity index (χ2v) is 4.65. The fourth-order valence-corrected chi connectivity index (χ4v) is 2.16. The fraction of sp³-hybridized carbons (Fsp3) is 0.417. The molecule has 1 aliphatic heterocycles. The van der Waals surface area contributed by atoms with Crippen LogP contribution in [0.1, 0.15) is 5.56 Å². The summed E-state index contributed by atoms with van der Waals surface area (Å²) in [6.07, 6.45) is 0. The summed E-state index contributed by atoms with van der Waals surface area (Å²) in [5.41, 5.74) is 3.19. The molecule has 0 unspecified atom stereocenters. The van der Waals surface area contributed by atoms with Crippen LogP contribution in [0.5, 0.6) is 0 Å². The van der Waals surface area contributed by atoms with Crippen LogP contribution in [0.25, 0.3) is 0 Å². The molecular formula is C12H17ClN4. The Hall–Kier alpha value is -1.42. The molecule has 0 spiro atoms. The second-order valence-electron chi connectivity index (χ2n) is 4.24. The molecule has 0 atom stereocenters. The highest BCUT2D eigenvalue weighted by atomic mass is 35.5. The Balaban J connectivity index is 2.34. The SMILES string of the molecule is Cc1c(N(C)C)ccc(Cl)c1NC1=NCCN1. The van der Waals surface area contributed by atoms with Crippen LogP contribution in [-0.2, 0) is 0 Å². The van der Waals surface area contributed by atoms with Crippen molar-refractivity contribution in [3.05, 3.63) is 22.7 Å². The van der Waals surface area contributed by atoms with E-state index in [0.29, 0.717) is 5.02 Å². The van der Waals surface area contributed by atoms with Gasteiger partial charge >= 0.3 is 0 Å². The van der Waals surface area contributed by atoms with Crippen molar-refractivity contribution in [1.29, 1.82) is 0 Å². The monoisotopic (exact) mass is 252 g/mol. The number of benzene rings is 1. The first-order chi connectivity index (χ1) is 8.09. The summed E-state index contributed by atoms with van der Waals surface area (Å²) in [6, 6.07) is 3.93. The molecule has 0 aromatic heterocycles. The van der Waals surface area contributed by atoms with E-state index in [-0.39, 0.29) is 0 Å². The average Bonchev–Trinajstić information content (AvgIpc) is 2.76. The number of guanidine groups is 1. The van der Waals surface area contributed by atoms with Crippen molar-refractivity contribution in [2.45, 2.75) is 6.92 Å². The molecule has 0 fully saturated rings. The largest absolute Gasteiger partial charge is 0.377 e. The van der Waals surface area contributed by atoms with Crippen LogP contribution in [0.4, 0.5) is 11.4 Å². The normalized spacial score (nSPS) is 14.2. The van der Waals surface area contributed by atoms with Gasteiger partial charge in [0.05, 0.1) is 17.3 Å². The van der Waals surface area contributed by atoms with Gasteiger partial charge in [-0.2, -0.15) is 0 Å². The minimum atomic E-state index is 0.713. The lowest BCUT2D eigenvalue weighted by atomic mass is 10.1. The summed E-state index contributed by atoms with van der Waals surface area (Å²) in [4.78, 5) is 6.38. The zero-order valence-electron chi connectivity index (χ0n) is 10.3. The minimum Gasteiger partial charge on any atom is -0.377 e. The molecule has 0 radical (unpaired) electrons. The topological polar surface area (TPSA) is 39.7 Å². The lowest BCUT2D eigenvalue weighted by Crippen LogP contribution is -2.27. The van der Waals surface area contributed by atoms with Gasteiger partial charge in [0.2, 0.25) is 0 Å². The molecular weight excluding hydrogens is 236 g/mol. The molecule has 0 saturated carbocycles. The van der Waals surface area contributed by atoms with Crippen LogP contribution < -0.4 is 15.5 Å². The lowest BCUT2D eigenvalue weighted by Gasteiger charge is -2.20. The highest BCUT2D eigenvalue weighted by Crippen LogP contribution is 2.32. The maximum absolute atomic E-state index is 6.22. The highest BCUT2D eigenvalue weighted by Gasteiger charge is 2.13. The van der Waals surface area contributed by atoms with E-state index in [4.69, 9.17) is 11.6 Å². The number of hydrogen-bond acceptors (Lipinski definition) is 4. The Morgan fingerprint density at radius 1 is 1.41 bits per heavy atom. The van der Waals surface area contributed by atoms with E-state index in [9.17, 15) is 0 Å². The molecule has 1 aromatic rings. The maximum Gasteiger partial charge on any atom is 0.195 e. The standard InChI is InChI=1S/C12H17ClN4/c1-8-10(17(2)3)5-4-9(13)11(8)16-12-14-6-7-15-12/h4-5H,6-7H2,1-3H3,(H2,14,15,16). The first-order valence-electron chi connectivity index (χ1n) is 5.61. The van der Waals surface area contributed by atoms with Gasteiger partial charge < -0.3 is 15.5 Å². The molecule has 5 heteroatoms. The summed E-state index contributed by atoms with van der Waals surface area (Å²) in [6.45, 7) is 3.75. The molecule has 17 heavy (non-hydrogen) atoms. The Bertz CT molecular complexity index is 454. The summed E-state index contributed by atoms with van der Waals surface area (Å²) >= 11 is 6.22. The minimum absolute atomic E-state index is 0.713. The van der Waals surface area contributed by atoms with Gasteiger partial charge in [-0.15, -0.1) is 0 Å². The highest BCUT2D eigenvalue weighted by molar-refractivity contribution is 6.34. The molecule has 0 bridgehead atoms. The first kappa shape index (κ1) is 12.0. The van der Waals surface area contributed by atoms with Crippen molar-refractivity contribution in [1.82, 2.24) is 5.32 Å². The third-order valence-electron chi connectivity index (χ3n) is 2.78. The van der Waals surface area contributed by atoms with Gasteiger partial charge in [-0.1, -0.05) is 11.6 Å². The van der Waals surface area contributed by atoms with Crippen LogP contribution in [0.2, 0.25) is 5.02 Å². The molecule has 0 amide bonds. The predicted octanol–water partition coefficient (Wildman–Crippen LogP) is 2.09. The van der Waals surface area contributed by atoms with Gasteiger partial charge in [0.15, 0.2) is 5.96 Å². The summed E-state index contributed by atoms with van der Waals surface area (Å²) in [5.74, 6) is 0.797. The smallest absolute Gasteiger partial charge is 0.195 e. The molecule has 0 aliphatic carbocycles. The fourth-order valence-electron chi connectivity index (χ4n) is 1.91. The van der Waals surface area contributed by atoms with Gasteiger partial charge in [0.1, 0.15) is 0 Å². The number of nitrogens with zero attached hydrogens (tertiary/aromatic N) is 2. The summed E-state index contributed by atoms with van der Waals surface area (Å²) in [5, 5.41) is 7.14. The van der Waals surface area contributed by atoms with Crippen molar-refractivity contribution in [3.63, 3.8) is 0 Å². The second kappa shape index (κ2) is 4.84. The van der Waals surface area contributed by atoms with E-state index >= 15 is 0 Å². The molecule has 2 N–H and O–H groups in total. The molecule has 1 aliphatic rings. The van der Waals surface area contributed by atoms with E-state index in [0.717, 1.165) is 36.0 Å². The van der Waals surface area contributed by atoms with Crippen LogP contribution in [0.15, 0.2) is 17.1 Å². The van der Waals surface area contributed by atoms with E-state index in [1.165, 1.54) is 0 Å². The maximum atomic E-state index is 6.22. The third-order valence-corrected chi connectivity index (χ3v) is 3.10. The zero-order chi connectivity index (χ0) is 12.4. The molecule has 1 aromatic carbocycles. The number of hydrogen-bond donors (Lipinski definition) is 2. The predicted molar refractivity (Wildman–Crippen MR) is 74.4 cm³/mol. The molecule has 92 valence electrons. The van der Waals surface area contributed by atoms with Gasteiger partial charge in [0.25, 0.3) is 0 Å². The Labute approximate surface area is 107 Å². The van der Waals surface area contributed by atoms with Gasteiger partial charge in [-0.25, -0.2) is 0 Å². The number of aliphatic imine (C=N–C) groups is 1. The van der Waals surface area contributed by atoms with Crippen LogP contribution in [-0.4, -0.2) is 33.1 Å². The van der Waals surface area contributed by atoms with Crippen molar-refractivity contribution < 1.29 is 0 Å². The van der Waals surface area contributed by atoms with Crippen LogP contribution in [0.3, 0.4) is 0 Å². The van der Waals surface area contributed by atoms with Gasteiger partial charge in [0, 0.05) is 26.3 Å². The molecule has 0 saturated heterocycles. The number of rotatable bonds is 2. The quantitative estimate of drug-likeness (QED) is 0.847. The lowest BCUT2D eigenvalue weighted by molar-refractivity contribution is 0.959. The van der Waals surface area contributed by atoms with Crippen LogP contribution >= 0.6 is 11.6 Å². The molecule has 4 nitrogen and oxygen atoms in total. The summed E-state index contributed by atoms with van der Waals surface area (Å²) in [7, 11) is 4.04. The Morgan fingerprint density at radius 3 is 2.76 bits per heavy atom. The van der Waals surface area contributed by atoms with Crippen LogP contribution in [0, 0.1) is 6.92 Å². The van der Waals surface area contributed by atoms with Gasteiger partial charge in [-0.3, -0.25) is 4.99 Å². The number of halogens is 1. The first-order valence-corrected chi connectivity index (χ1v) is 5.99. The number of nitrogens with one attached hydrogen (secondary N) is 2. The van der Waals surface area contributed by atoms with Gasteiger partial charge in [-0.05, 0) is 24.6 Å². The average molecular weight is 253 g/mol. The zero-order valence-corrected chi connectivity index (χ0v) is 11.1. The molecule has 2 rings (SSSR count). The van der Waals surface area contributed by atoms with Crippen molar-refractivity contribution >= 4 is 28.9 Å². The van der Waals surface area contributed by atoms with Crippen molar-refractivity contribution in [3.8, 4) is 0 Å². The van der Waals surface area contributed by atoms with E-state index < -0.39 is 0 Å². The van der Waals surface area contributed by atoms with Crippen molar-refractivity contribution in [2.24, 2.45) is 4.99 Å².